The Morgan fingerprint density at radius 2 is 1.81 bits per heavy atom. The van der Waals surface area contributed by atoms with Crippen molar-refractivity contribution in [3.8, 4) is 0 Å². The zero-order valence-corrected chi connectivity index (χ0v) is 16.8. The lowest BCUT2D eigenvalue weighted by molar-refractivity contribution is -0.119. The number of amides is 2. The Hall–Kier alpha value is -1.88. The zero-order chi connectivity index (χ0) is 18.8. The number of carbonyl (C=O) groups excluding carboxylic acids is 2. The van der Waals surface area contributed by atoms with Gasteiger partial charge in [-0.25, -0.2) is 0 Å². The topological polar surface area (TPSA) is 49.4 Å². The summed E-state index contributed by atoms with van der Waals surface area (Å²) in [7, 11) is 0. The van der Waals surface area contributed by atoms with E-state index in [2.05, 4.69) is 29.6 Å². The quantitative estimate of drug-likeness (QED) is 0.841. The third kappa shape index (κ3) is 3.88. The second kappa shape index (κ2) is 8.01. The molecule has 1 aromatic heterocycles. The van der Waals surface area contributed by atoms with Gasteiger partial charge in [0.25, 0.3) is 5.91 Å². The number of hydrogen-bond donors (Lipinski definition) is 1. The van der Waals surface area contributed by atoms with Crippen molar-refractivity contribution in [2.45, 2.75) is 51.4 Å². The Balaban J connectivity index is 1.58. The van der Waals surface area contributed by atoms with Crippen molar-refractivity contribution in [1.82, 2.24) is 10.2 Å². The molecule has 2 heterocycles. The third-order valence-corrected chi connectivity index (χ3v) is 7.29. The van der Waals surface area contributed by atoms with Gasteiger partial charge in [0.15, 0.2) is 0 Å². The van der Waals surface area contributed by atoms with Gasteiger partial charge in [0.1, 0.15) is 0 Å². The molecule has 4 nitrogen and oxygen atoms in total. The third-order valence-electron chi connectivity index (χ3n) is 6.12. The van der Waals surface area contributed by atoms with Gasteiger partial charge in [-0.3, -0.25) is 9.59 Å². The maximum absolute atomic E-state index is 13.2. The van der Waals surface area contributed by atoms with Crippen LogP contribution in [0.3, 0.4) is 0 Å². The number of nitrogens with one attached hydrogen (secondary N) is 1. The van der Waals surface area contributed by atoms with Crippen LogP contribution in [0.1, 0.15) is 66.6 Å². The summed E-state index contributed by atoms with van der Waals surface area (Å²) in [5.41, 5.74) is 1.30. The molecule has 0 bridgehead atoms. The molecule has 144 valence electrons. The van der Waals surface area contributed by atoms with E-state index < -0.39 is 0 Å². The fourth-order valence-corrected chi connectivity index (χ4v) is 5.89. The predicted octanol–water partition coefficient (Wildman–Crippen LogP) is 4.55. The number of nitrogens with zero attached hydrogens (tertiary/aromatic N) is 1. The number of rotatable bonds is 4. The molecule has 2 amide bonds. The SMILES string of the molecule is CC(=O)NCC1CCC(c2c(C(=O)N3CCCC3)sc3ccccc23)CC1. The van der Waals surface area contributed by atoms with Gasteiger partial charge in [0.2, 0.25) is 5.91 Å². The molecule has 27 heavy (non-hydrogen) atoms. The van der Waals surface area contributed by atoms with Gasteiger partial charge in [-0.15, -0.1) is 11.3 Å². The lowest BCUT2D eigenvalue weighted by Gasteiger charge is -2.29. The first kappa shape index (κ1) is 18.5. The van der Waals surface area contributed by atoms with E-state index in [1.54, 1.807) is 18.3 Å². The molecular formula is C22H28N2O2S. The number of hydrogen-bond acceptors (Lipinski definition) is 3. The molecule has 5 heteroatoms. The van der Waals surface area contributed by atoms with Gasteiger partial charge >= 0.3 is 0 Å². The van der Waals surface area contributed by atoms with Gasteiger partial charge < -0.3 is 10.2 Å². The molecule has 4 rings (SSSR count). The zero-order valence-electron chi connectivity index (χ0n) is 16.0. The van der Waals surface area contributed by atoms with E-state index in [1.807, 2.05) is 4.90 Å². The minimum atomic E-state index is 0.0550. The molecule has 0 atom stereocenters. The molecule has 2 aliphatic rings. The van der Waals surface area contributed by atoms with Crippen LogP contribution in [0.25, 0.3) is 10.1 Å². The molecule has 1 saturated heterocycles. The second-order valence-corrected chi connectivity index (χ2v) is 9.05. The van der Waals surface area contributed by atoms with Crippen molar-refractivity contribution in [2.75, 3.05) is 19.6 Å². The Bertz CT molecular complexity index is 830. The van der Waals surface area contributed by atoms with E-state index in [-0.39, 0.29) is 11.8 Å². The number of likely N-dealkylation sites (tertiary alicyclic amines) is 1. The summed E-state index contributed by atoms with van der Waals surface area (Å²) < 4.78 is 1.23. The number of fused-ring (bicyclic) bond motifs is 1. The highest BCUT2D eigenvalue weighted by atomic mass is 32.1. The van der Waals surface area contributed by atoms with Gasteiger partial charge in [-0.2, -0.15) is 0 Å². The van der Waals surface area contributed by atoms with E-state index in [1.165, 1.54) is 15.6 Å². The number of carbonyl (C=O) groups is 2. The Kier molecular flexibility index (Phi) is 5.48. The fraction of sp³-hybridized carbons (Fsp3) is 0.545. The van der Waals surface area contributed by atoms with E-state index in [0.717, 1.165) is 63.0 Å². The van der Waals surface area contributed by atoms with Crippen molar-refractivity contribution in [1.29, 1.82) is 0 Å². The summed E-state index contributed by atoms with van der Waals surface area (Å²) in [5.74, 6) is 1.31. The highest BCUT2D eigenvalue weighted by Crippen LogP contribution is 2.44. The molecular weight excluding hydrogens is 356 g/mol. The molecule has 1 saturated carbocycles. The fourth-order valence-electron chi connectivity index (χ4n) is 4.64. The summed E-state index contributed by atoms with van der Waals surface area (Å²) in [6.45, 7) is 4.16. The van der Waals surface area contributed by atoms with Crippen molar-refractivity contribution in [3.63, 3.8) is 0 Å². The maximum Gasteiger partial charge on any atom is 0.264 e. The van der Waals surface area contributed by atoms with E-state index in [4.69, 9.17) is 0 Å². The van der Waals surface area contributed by atoms with Gasteiger partial charge in [0.05, 0.1) is 4.88 Å². The van der Waals surface area contributed by atoms with Crippen molar-refractivity contribution < 1.29 is 9.59 Å². The predicted molar refractivity (Wildman–Crippen MR) is 110 cm³/mol. The highest BCUT2D eigenvalue weighted by Gasteiger charge is 2.31. The van der Waals surface area contributed by atoms with Crippen LogP contribution >= 0.6 is 11.3 Å². The van der Waals surface area contributed by atoms with E-state index >= 15 is 0 Å². The standard InChI is InChI=1S/C22H28N2O2S/c1-15(25)23-14-16-8-10-17(11-9-16)20-18-6-2-3-7-19(18)27-21(20)22(26)24-12-4-5-13-24/h2-3,6-7,16-17H,4-5,8-14H2,1H3,(H,23,25). The molecule has 0 spiro atoms. The Labute approximate surface area is 164 Å². The molecule has 2 aromatic rings. The average Bonchev–Trinajstić information content (AvgIpc) is 3.34. The molecule has 1 aliphatic heterocycles. The van der Waals surface area contributed by atoms with Crippen LogP contribution in [-0.2, 0) is 4.79 Å². The number of thiophene rings is 1. The Morgan fingerprint density at radius 1 is 1.11 bits per heavy atom. The molecule has 1 aromatic carbocycles. The summed E-state index contributed by atoms with van der Waals surface area (Å²) >= 11 is 1.68. The highest BCUT2D eigenvalue weighted by molar-refractivity contribution is 7.21. The van der Waals surface area contributed by atoms with E-state index in [0.29, 0.717) is 11.8 Å². The summed E-state index contributed by atoms with van der Waals surface area (Å²) in [4.78, 5) is 27.4. The van der Waals surface area contributed by atoms with Crippen LogP contribution in [0.5, 0.6) is 0 Å². The van der Waals surface area contributed by atoms with Crippen LogP contribution < -0.4 is 5.32 Å². The van der Waals surface area contributed by atoms with Crippen molar-refractivity contribution in [2.24, 2.45) is 5.92 Å². The summed E-state index contributed by atoms with van der Waals surface area (Å²) in [6.07, 6.45) is 6.69. The second-order valence-electron chi connectivity index (χ2n) is 8.00. The van der Waals surface area contributed by atoms with Gasteiger partial charge in [0, 0.05) is 31.3 Å². The van der Waals surface area contributed by atoms with Crippen LogP contribution in [-0.4, -0.2) is 36.3 Å². The maximum atomic E-state index is 13.2. The molecule has 1 aliphatic carbocycles. The minimum Gasteiger partial charge on any atom is -0.356 e. The first-order valence-corrected chi connectivity index (χ1v) is 11.0. The average molecular weight is 385 g/mol. The lowest BCUT2D eigenvalue weighted by Crippen LogP contribution is -2.30. The van der Waals surface area contributed by atoms with Crippen LogP contribution in [0, 0.1) is 5.92 Å². The molecule has 2 fully saturated rings. The lowest BCUT2D eigenvalue weighted by atomic mass is 9.77. The van der Waals surface area contributed by atoms with Crippen molar-refractivity contribution in [3.05, 3.63) is 34.7 Å². The van der Waals surface area contributed by atoms with Gasteiger partial charge in [-0.05, 0) is 67.4 Å². The minimum absolute atomic E-state index is 0.0550. The summed E-state index contributed by atoms with van der Waals surface area (Å²) in [5, 5.41) is 4.24. The van der Waals surface area contributed by atoms with Crippen LogP contribution in [0.4, 0.5) is 0 Å². The summed E-state index contributed by atoms with van der Waals surface area (Å²) in [6, 6.07) is 8.49. The van der Waals surface area contributed by atoms with E-state index in [9.17, 15) is 9.59 Å². The monoisotopic (exact) mass is 384 g/mol. The van der Waals surface area contributed by atoms with Crippen LogP contribution in [0.15, 0.2) is 24.3 Å². The largest absolute Gasteiger partial charge is 0.356 e. The number of benzene rings is 1. The van der Waals surface area contributed by atoms with Crippen LogP contribution in [0.2, 0.25) is 0 Å². The van der Waals surface area contributed by atoms with Gasteiger partial charge in [-0.1, -0.05) is 18.2 Å². The molecule has 0 unspecified atom stereocenters. The first-order chi connectivity index (χ1) is 13.1. The Morgan fingerprint density at radius 3 is 2.52 bits per heavy atom. The first-order valence-electron chi connectivity index (χ1n) is 10.2. The normalized spacial score (nSPS) is 22.9. The van der Waals surface area contributed by atoms with Crippen molar-refractivity contribution >= 4 is 33.2 Å². The molecule has 1 N–H and O–H groups in total. The molecule has 0 radical (unpaired) electrons. The smallest absolute Gasteiger partial charge is 0.264 e.